The van der Waals surface area contributed by atoms with Gasteiger partial charge in [0.15, 0.2) is 0 Å². The van der Waals surface area contributed by atoms with Crippen LogP contribution in [-0.2, 0) is 23.9 Å². The number of Topliss-reactive ketones (excluding diaryl/α,β-unsaturated/α-hetero) is 1. The van der Waals surface area contributed by atoms with Crippen molar-refractivity contribution in [3.63, 3.8) is 0 Å². The average Bonchev–Trinajstić information content (AvgIpc) is 3.51. The van der Waals surface area contributed by atoms with Crippen LogP contribution in [0.15, 0.2) is 0 Å². The standard InChI is InChI=1S/C24H24O6/c1-29-21(26)13-3-5-11-9-10-12(20(11)25)6-4(13)8-7(3)16-14(5)18(9)24(28)19(10)15(6)17(8)23(16,24)22(27)30-2/h3-19,28H,1-2H3. The van der Waals surface area contributed by atoms with E-state index < -0.39 is 11.0 Å². The van der Waals surface area contributed by atoms with Crippen LogP contribution in [0.2, 0.25) is 0 Å². The fraction of sp³-hybridized carbons (Fsp3) is 0.875. The Balaban J connectivity index is 1.39. The van der Waals surface area contributed by atoms with E-state index in [0.717, 1.165) is 0 Å². The summed E-state index contributed by atoms with van der Waals surface area (Å²) < 4.78 is 10.9. The molecule has 1 N–H and O–H groups in total. The monoisotopic (exact) mass is 408 g/mol. The zero-order valence-corrected chi connectivity index (χ0v) is 16.8. The van der Waals surface area contributed by atoms with Gasteiger partial charge >= 0.3 is 11.9 Å². The lowest BCUT2D eigenvalue weighted by Gasteiger charge is -2.41. The maximum absolute atomic E-state index is 13.9. The highest BCUT2D eigenvalue weighted by atomic mass is 16.5. The second-order valence-electron chi connectivity index (χ2n) is 12.6. The van der Waals surface area contributed by atoms with E-state index in [1.165, 1.54) is 14.2 Å². The van der Waals surface area contributed by atoms with Crippen LogP contribution in [0.1, 0.15) is 0 Å². The van der Waals surface area contributed by atoms with Gasteiger partial charge in [-0.2, -0.15) is 0 Å². The molecule has 0 amide bonds. The molecule has 30 heavy (non-hydrogen) atoms. The lowest BCUT2D eigenvalue weighted by molar-refractivity contribution is -0.177. The normalized spacial score (nSPS) is 77.4. The van der Waals surface area contributed by atoms with E-state index in [0.29, 0.717) is 5.78 Å². The Hall–Kier alpha value is -1.43. The van der Waals surface area contributed by atoms with Crippen molar-refractivity contribution in [1.82, 2.24) is 0 Å². The van der Waals surface area contributed by atoms with Crippen molar-refractivity contribution in [1.29, 1.82) is 0 Å². The summed E-state index contributed by atoms with van der Waals surface area (Å²) in [6, 6.07) is 0. The second kappa shape index (κ2) is 3.70. The number of hydrogen-bond acceptors (Lipinski definition) is 6. The van der Waals surface area contributed by atoms with Crippen molar-refractivity contribution in [2.45, 2.75) is 5.60 Å². The lowest BCUT2D eigenvalue weighted by atomic mass is 9.65. The smallest absolute Gasteiger partial charge is 0.315 e. The summed E-state index contributed by atoms with van der Waals surface area (Å²) in [5.74, 6) is 2.65. The van der Waals surface area contributed by atoms with E-state index in [-0.39, 0.29) is 113 Å². The van der Waals surface area contributed by atoms with E-state index in [2.05, 4.69) is 0 Å². The third-order valence-electron chi connectivity index (χ3n) is 13.7. The molecule has 10 aliphatic carbocycles. The minimum Gasteiger partial charge on any atom is -0.469 e. The van der Waals surface area contributed by atoms with Crippen molar-refractivity contribution in [3.05, 3.63) is 0 Å². The first-order valence-electron chi connectivity index (χ1n) is 11.9. The molecule has 6 heteroatoms. The fourth-order valence-electron chi connectivity index (χ4n) is 15.0. The van der Waals surface area contributed by atoms with Gasteiger partial charge in [0.2, 0.25) is 0 Å². The van der Waals surface area contributed by atoms with Gasteiger partial charge in [0, 0.05) is 11.8 Å². The number of methoxy groups -OCH3 is 2. The van der Waals surface area contributed by atoms with Crippen LogP contribution in [0, 0.1) is 106 Å². The second-order valence-corrected chi connectivity index (χ2v) is 12.6. The molecule has 0 radical (unpaired) electrons. The molecule has 10 rings (SSSR count). The number of fused-ring (bicyclic) bond motifs is 4. The predicted molar refractivity (Wildman–Crippen MR) is 95.8 cm³/mol. The van der Waals surface area contributed by atoms with Gasteiger partial charge in [-0.05, 0) is 82.9 Å². The van der Waals surface area contributed by atoms with E-state index in [1.54, 1.807) is 0 Å². The molecule has 0 aromatic carbocycles. The Kier molecular flexibility index (Phi) is 1.90. The molecule has 0 aliphatic heterocycles. The molecule has 0 bridgehead atoms. The third kappa shape index (κ3) is 0.867. The minimum absolute atomic E-state index is 0.0182. The van der Waals surface area contributed by atoms with Crippen molar-refractivity contribution in [3.8, 4) is 0 Å². The van der Waals surface area contributed by atoms with Gasteiger partial charge in [-0.25, -0.2) is 0 Å². The third-order valence-corrected chi connectivity index (χ3v) is 13.7. The zero-order valence-electron chi connectivity index (χ0n) is 16.8. The molecule has 6 nitrogen and oxygen atoms in total. The van der Waals surface area contributed by atoms with E-state index in [9.17, 15) is 19.5 Å². The maximum Gasteiger partial charge on any atom is 0.315 e. The molecule has 0 saturated heterocycles. The number of hydrogen-bond donors (Lipinski definition) is 1. The van der Waals surface area contributed by atoms with Crippen LogP contribution in [0.5, 0.6) is 0 Å². The van der Waals surface area contributed by atoms with Gasteiger partial charge in [-0.3, -0.25) is 14.4 Å². The summed E-state index contributed by atoms with van der Waals surface area (Å²) in [6.07, 6.45) is 0. The SMILES string of the molecule is COC(=O)C1C2C3C4C(=O)C5C6C1C1C2C2C3C3C4C5C4C6C1C2(C(=O)OC)C34O. The van der Waals surface area contributed by atoms with Gasteiger partial charge in [0.25, 0.3) is 0 Å². The number of esters is 2. The Morgan fingerprint density at radius 3 is 1.73 bits per heavy atom. The summed E-state index contributed by atoms with van der Waals surface area (Å²) in [7, 11) is 2.99. The Labute approximate surface area is 173 Å². The van der Waals surface area contributed by atoms with Gasteiger partial charge in [-0.1, -0.05) is 0 Å². The minimum atomic E-state index is -0.970. The predicted octanol–water partition coefficient (Wildman–Crippen LogP) is 0.230. The van der Waals surface area contributed by atoms with E-state index in [4.69, 9.17) is 9.47 Å². The summed E-state index contributed by atoms with van der Waals surface area (Å²) in [5, 5.41) is 12.6. The quantitative estimate of drug-likeness (QED) is 0.658. The number of ether oxygens (including phenoxy) is 2. The average molecular weight is 408 g/mol. The molecular formula is C24H24O6. The summed E-state index contributed by atoms with van der Waals surface area (Å²) in [4.78, 5) is 40.7. The maximum atomic E-state index is 13.9. The van der Waals surface area contributed by atoms with Gasteiger partial charge in [0.05, 0.1) is 25.7 Å². The van der Waals surface area contributed by atoms with Gasteiger partial charge < -0.3 is 14.6 Å². The Bertz CT molecular complexity index is 1010. The first kappa shape index (κ1) is 15.4. The molecule has 0 spiro atoms. The molecule has 0 heterocycles. The highest BCUT2D eigenvalue weighted by Crippen LogP contribution is 3.00. The highest BCUT2D eigenvalue weighted by Gasteiger charge is 3.04. The van der Waals surface area contributed by atoms with Crippen LogP contribution in [0.3, 0.4) is 0 Å². The molecule has 10 aliphatic rings. The molecule has 156 valence electrons. The van der Waals surface area contributed by atoms with Crippen LogP contribution >= 0.6 is 0 Å². The number of ketones is 1. The van der Waals surface area contributed by atoms with Crippen molar-refractivity contribution in [2.24, 2.45) is 106 Å². The first-order chi connectivity index (χ1) is 14.5. The van der Waals surface area contributed by atoms with E-state index in [1.807, 2.05) is 0 Å². The van der Waals surface area contributed by atoms with E-state index >= 15 is 0 Å². The molecule has 0 aromatic heterocycles. The van der Waals surface area contributed by atoms with Crippen LogP contribution in [-0.4, -0.2) is 42.6 Å². The number of aliphatic hydroxyl groups is 1. The van der Waals surface area contributed by atoms with Crippen LogP contribution in [0.4, 0.5) is 0 Å². The molecular weight excluding hydrogens is 384 g/mol. The lowest BCUT2D eigenvalue weighted by Crippen LogP contribution is -2.55. The van der Waals surface area contributed by atoms with Gasteiger partial charge in [0.1, 0.15) is 11.2 Å². The summed E-state index contributed by atoms with van der Waals surface area (Å²) >= 11 is 0. The molecule has 10 saturated carbocycles. The fourth-order valence-corrected chi connectivity index (χ4v) is 15.0. The van der Waals surface area contributed by atoms with Crippen molar-refractivity contribution >= 4 is 17.7 Å². The molecule has 10 fully saturated rings. The Morgan fingerprint density at radius 1 is 0.733 bits per heavy atom. The van der Waals surface area contributed by atoms with Gasteiger partial charge in [-0.15, -0.1) is 0 Å². The molecule has 16 unspecified atom stereocenters. The van der Waals surface area contributed by atoms with Crippen LogP contribution < -0.4 is 0 Å². The molecule has 16 atom stereocenters. The zero-order chi connectivity index (χ0) is 20.0. The molecule has 0 aromatic rings. The largest absolute Gasteiger partial charge is 0.469 e. The van der Waals surface area contributed by atoms with Crippen LogP contribution in [0.25, 0.3) is 0 Å². The summed E-state index contributed by atoms with van der Waals surface area (Å²) in [6.45, 7) is 0. The Morgan fingerprint density at radius 2 is 1.27 bits per heavy atom. The highest BCUT2D eigenvalue weighted by molar-refractivity contribution is 5.93. The topological polar surface area (TPSA) is 89.9 Å². The number of carbonyl (C=O) groups excluding carboxylic acids is 3. The number of rotatable bonds is 2. The number of carbonyl (C=O) groups is 3. The first-order valence-corrected chi connectivity index (χ1v) is 11.9. The van der Waals surface area contributed by atoms with Crippen molar-refractivity contribution < 1.29 is 29.0 Å². The summed E-state index contributed by atoms with van der Waals surface area (Å²) in [5.41, 5.74) is -1.74. The van der Waals surface area contributed by atoms with Crippen molar-refractivity contribution in [2.75, 3.05) is 14.2 Å².